The Morgan fingerprint density at radius 2 is 1.08 bits per heavy atom. The van der Waals surface area contributed by atoms with Crippen LogP contribution >= 0.6 is 0 Å². The third-order valence-corrected chi connectivity index (χ3v) is 9.84. The van der Waals surface area contributed by atoms with Crippen molar-refractivity contribution in [3.05, 3.63) is 95.6 Å². The molecule has 0 bridgehead atoms. The molecule has 0 aliphatic carbocycles. The van der Waals surface area contributed by atoms with Crippen LogP contribution in [0.3, 0.4) is 0 Å². The summed E-state index contributed by atoms with van der Waals surface area (Å²) in [7, 11) is 0. The lowest BCUT2D eigenvalue weighted by Crippen LogP contribution is -2.45. The van der Waals surface area contributed by atoms with E-state index in [0.29, 0.717) is 30.8 Å². The maximum Gasteiger partial charge on any atom is 0.302 e. The highest BCUT2D eigenvalue weighted by atomic mass is 16.5. The molecule has 0 saturated heterocycles. The van der Waals surface area contributed by atoms with Crippen LogP contribution in [-0.2, 0) is 57.9 Å². The van der Waals surface area contributed by atoms with Gasteiger partial charge in [-0.3, -0.25) is 28.8 Å². The van der Waals surface area contributed by atoms with Crippen LogP contribution in [-0.4, -0.2) is 66.0 Å². The number of carbonyl (C=O) groups excluding carboxylic acids is 6. The molecule has 0 aromatic heterocycles. The summed E-state index contributed by atoms with van der Waals surface area (Å²) in [5.41, 5.74) is 9.69. The Bertz CT molecular complexity index is 1830. The summed E-state index contributed by atoms with van der Waals surface area (Å²) in [6.07, 6.45) is 3.12. The van der Waals surface area contributed by atoms with Crippen molar-refractivity contribution in [3.8, 4) is 0 Å². The van der Waals surface area contributed by atoms with Gasteiger partial charge in [0.1, 0.15) is 13.2 Å². The molecule has 13 heteroatoms. The van der Waals surface area contributed by atoms with Gasteiger partial charge in [0.2, 0.25) is 11.8 Å². The number of carbonyl (C=O) groups is 6. The predicted molar refractivity (Wildman–Crippen MR) is 252 cm³/mol. The number of esters is 2. The number of ether oxygens (including phenoxy) is 2. The molecule has 13 nitrogen and oxygen atoms in total. The lowest BCUT2D eigenvalue weighted by Gasteiger charge is -2.24. The van der Waals surface area contributed by atoms with Crippen molar-refractivity contribution in [1.82, 2.24) is 10.6 Å². The molecule has 3 rings (SSSR count). The molecule has 3 aromatic carbocycles. The lowest BCUT2D eigenvalue weighted by molar-refractivity contribution is -0.143. The average molecular weight is 874 g/mol. The predicted octanol–water partition coefficient (Wildman–Crippen LogP) is 7.94. The zero-order valence-corrected chi connectivity index (χ0v) is 38.3. The van der Waals surface area contributed by atoms with E-state index in [1.54, 1.807) is 55.5 Å². The second kappa shape index (κ2) is 30.0. The first-order valence-corrected chi connectivity index (χ1v) is 21.8. The number of anilines is 2. The number of amides is 2. The van der Waals surface area contributed by atoms with E-state index < -0.39 is 11.8 Å². The summed E-state index contributed by atoms with van der Waals surface area (Å²) in [6, 6.07) is 23.9. The Morgan fingerprint density at radius 1 is 0.587 bits per heavy atom. The standard InChI is InChI=1S/C28H39N3O4.C21H32N2O4.CH4/c1-20(2)30-26(17-22-9-5-4-6-10-22)27(33)18-24(11-7-8-16-29)28(34)31-25-14-12-23(13-15-25)19-35-21(3)32;1-13(2)20(22-14(3)4)19(25)11-15(5)21(26)23-18-9-7-17(8-10-18)12-27-16(6)24;/h4-6,9-10,12-15,20,24,26,30H,7-8,11,16-19,29H2,1-3H3,(H,31,34);7-10,13-15,20,22H,11-12H2,1-6H3,(H,23,26);1H4/t24-,26+;15-,20+;/m11./s1. The van der Waals surface area contributed by atoms with Crippen molar-refractivity contribution in [2.75, 3.05) is 17.2 Å². The minimum atomic E-state index is -0.443. The van der Waals surface area contributed by atoms with E-state index in [2.05, 4.69) is 21.3 Å². The number of Topliss-reactive ketones (excluding diaryl/α,β-unsaturated/α-hetero) is 2. The molecule has 348 valence electrons. The normalized spacial score (nSPS) is 12.8. The van der Waals surface area contributed by atoms with Gasteiger partial charge in [0.25, 0.3) is 0 Å². The number of rotatable bonds is 25. The average Bonchev–Trinajstić information content (AvgIpc) is 3.21. The smallest absolute Gasteiger partial charge is 0.302 e. The number of benzene rings is 3. The molecule has 0 unspecified atom stereocenters. The Labute approximate surface area is 376 Å². The van der Waals surface area contributed by atoms with Crippen molar-refractivity contribution in [1.29, 1.82) is 0 Å². The van der Waals surface area contributed by atoms with Gasteiger partial charge < -0.3 is 36.5 Å². The largest absolute Gasteiger partial charge is 0.461 e. The molecule has 0 aliphatic rings. The van der Waals surface area contributed by atoms with E-state index in [0.717, 1.165) is 29.5 Å². The van der Waals surface area contributed by atoms with Gasteiger partial charge in [0, 0.05) is 62.0 Å². The van der Waals surface area contributed by atoms with Gasteiger partial charge in [0.05, 0.1) is 12.1 Å². The summed E-state index contributed by atoms with van der Waals surface area (Å²) in [6.45, 7) is 17.5. The van der Waals surface area contributed by atoms with Crippen molar-refractivity contribution >= 4 is 46.7 Å². The van der Waals surface area contributed by atoms with Crippen LogP contribution < -0.4 is 27.0 Å². The molecule has 0 heterocycles. The van der Waals surface area contributed by atoms with Gasteiger partial charge in [0.15, 0.2) is 11.6 Å². The second-order valence-corrected chi connectivity index (χ2v) is 16.8. The summed E-state index contributed by atoms with van der Waals surface area (Å²) in [5, 5.41) is 12.4. The van der Waals surface area contributed by atoms with Gasteiger partial charge in [-0.15, -0.1) is 0 Å². The summed E-state index contributed by atoms with van der Waals surface area (Å²) >= 11 is 0. The highest BCUT2D eigenvalue weighted by molar-refractivity contribution is 5.97. The summed E-state index contributed by atoms with van der Waals surface area (Å²) < 4.78 is 9.93. The highest BCUT2D eigenvalue weighted by Gasteiger charge is 2.28. The minimum absolute atomic E-state index is 0. The van der Waals surface area contributed by atoms with Gasteiger partial charge in [-0.25, -0.2) is 0 Å². The van der Waals surface area contributed by atoms with E-state index in [1.807, 2.05) is 71.9 Å². The third-order valence-electron chi connectivity index (χ3n) is 9.84. The molecule has 2 amide bonds. The number of unbranched alkanes of at least 4 members (excludes halogenated alkanes) is 1. The number of nitrogens with two attached hydrogens (primary N) is 1. The van der Waals surface area contributed by atoms with E-state index in [-0.39, 0.29) is 98.9 Å². The molecule has 0 spiro atoms. The van der Waals surface area contributed by atoms with E-state index >= 15 is 0 Å². The Balaban J connectivity index is 0.000000641. The maximum absolute atomic E-state index is 13.3. The highest BCUT2D eigenvalue weighted by Crippen LogP contribution is 2.21. The monoisotopic (exact) mass is 874 g/mol. The molecular formula is C50H75N5O8. The molecule has 4 atom stereocenters. The van der Waals surface area contributed by atoms with Crippen LogP contribution in [0.1, 0.15) is 119 Å². The summed E-state index contributed by atoms with van der Waals surface area (Å²) in [5.74, 6) is -1.66. The quantitative estimate of drug-likeness (QED) is 0.0410. The Kier molecular flexibility index (Phi) is 26.5. The molecule has 63 heavy (non-hydrogen) atoms. The first-order chi connectivity index (χ1) is 29.4. The minimum Gasteiger partial charge on any atom is -0.461 e. The number of hydrogen-bond donors (Lipinski definition) is 5. The maximum atomic E-state index is 13.3. The van der Waals surface area contributed by atoms with Crippen LogP contribution in [0.2, 0.25) is 0 Å². The number of nitrogens with one attached hydrogen (secondary N) is 4. The first-order valence-electron chi connectivity index (χ1n) is 21.8. The van der Waals surface area contributed by atoms with Crippen molar-refractivity contribution in [2.45, 2.75) is 146 Å². The fraction of sp³-hybridized carbons (Fsp3) is 0.520. The molecular weight excluding hydrogens is 799 g/mol. The van der Waals surface area contributed by atoms with Gasteiger partial charge in [-0.2, -0.15) is 0 Å². The molecule has 0 aliphatic heterocycles. The van der Waals surface area contributed by atoms with Gasteiger partial charge >= 0.3 is 11.9 Å². The molecule has 6 N–H and O–H groups in total. The summed E-state index contributed by atoms with van der Waals surface area (Å²) in [4.78, 5) is 73.3. The van der Waals surface area contributed by atoms with Crippen LogP contribution in [0, 0.1) is 17.8 Å². The van der Waals surface area contributed by atoms with Crippen LogP contribution in [0.4, 0.5) is 11.4 Å². The van der Waals surface area contributed by atoms with Gasteiger partial charge in [-0.05, 0) is 72.7 Å². The molecule has 0 fully saturated rings. The SMILES string of the molecule is C.CC(=O)OCc1ccc(NC(=O)[C@H](C)CC(=O)[C@@H](NC(C)C)C(C)C)cc1.CC(=O)OCc1ccc(NC(=O)[C@H](CCCCN)CC(=O)[C@H](Cc2ccccc2)NC(C)C)cc1. The van der Waals surface area contributed by atoms with E-state index in [1.165, 1.54) is 13.8 Å². The van der Waals surface area contributed by atoms with Crippen molar-refractivity contribution < 1.29 is 38.2 Å². The topological polar surface area (TPSA) is 195 Å². The van der Waals surface area contributed by atoms with E-state index in [9.17, 15) is 28.8 Å². The molecule has 0 radical (unpaired) electrons. The first kappa shape index (κ1) is 55.8. The molecule has 3 aromatic rings. The van der Waals surface area contributed by atoms with Crippen LogP contribution in [0.5, 0.6) is 0 Å². The van der Waals surface area contributed by atoms with Crippen molar-refractivity contribution in [3.63, 3.8) is 0 Å². The number of ketones is 2. The Hall–Kier alpha value is -5.24. The third kappa shape index (κ3) is 23.1. The fourth-order valence-electron chi connectivity index (χ4n) is 6.55. The van der Waals surface area contributed by atoms with Crippen LogP contribution in [0.25, 0.3) is 0 Å². The zero-order chi connectivity index (χ0) is 46.2. The number of hydrogen-bond acceptors (Lipinski definition) is 11. The second-order valence-electron chi connectivity index (χ2n) is 16.8. The fourth-order valence-corrected chi connectivity index (χ4v) is 6.55. The van der Waals surface area contributed by atoms with Crippen molar-refractivity contribution in [2.24, 2.45) is 23.5 Å². The Morgan fingerprint density at radius 3 is 1.52 bits per heavy atom. The lowest BCUT2D eigenvalue weighted by atomic mass is 9.90. The van der Waals surface area contributed by atoms with Gasteiger partial charge in [-0.1, -0.05) is 117 Å². The van der Waals surface area contributed by atoms with E-state index in [4.69, 9.17) is 15.2 Å². The molecule has 0 saturated carbocycles. The zero-order valence-electron chi connectivity index (χ0n) is 38.3. The van der Waals surface area contributed by atoms with Crippen LogP contribution in [0.15, 0.2) is 78.9 Å².